The number of carbonyl (C=O) groups excluding carboxylic acids is 2. The van der Waals surface area contributed by atoms with E-state index in [0.29, 0.717) is 17.1 Å². The van der Waals surface area contributed by atoms with Crippen LogP contribution >= 0.6 is 0 Å². The molecule has 1 aromatic heterocycles. The maximum Gasteiger partial charge on any atom is 0.296 e. The third-order valence-electron chi connectivity index (χ3n) is 4.97. The minimum absolute atomic E-state index is 0.0413. The maximum atomic E-state index is 13.3. The molecule has 1 N–H and O–H groups in total. The standard InChI is InChI=1S/C23H18FNO5/c1-29-17-5-2-4-15(12-17)20-19(21(26)14-7-9-16(24)10-8-14)22(27)23(28)25(20)13-18-6-3-11-30-18/h2-12,20,26H,13H2,1H3. The molecule has 152 valence electrons. The first-order chi connectivity index (χ1) is 14.5. The summed E-state index contributed by atoms with van der Waals surface area (Å²) in [4.78, 5) is 27.1. The number of ether oxygens (including phenoxy) is 1. The van der Waals surface area contributed by atoms with Crippen LogP contribution in [0.2, 0.25) is 0 Å². The Hall–Kier alpha value is -3.87. The van der Waals surface area contributed by atoms with Crippen molar-refractivity contribution < 1.29 is 28.2 Å². The molecule has 1 unspecified atom stereocenters. The lowest BCUT2D eigenvalue weighted by Crippen LogP contribution is -2.29. The van der Waals surface area contributed by atoms with E-state index in [9.17, 15) is 19.1 Å². The number of carbonyl (C=O) groups is 2. The summed E-state index contributed by atoms with van der Waals surface area (Å²) in [6.45, 7) is 0.0413. The molecule has 1 atom stereocenters. The fourth-order valence-corrected chi connectivity index (χ4v) is 3.53. The number of amides is 1. The van der Waals surface area contributed by atoms with Gasteiger partial charge in [0.05, 0.1) is 31.5 Å². The number of nitrogens with zero attached hydrogens (tertiary/aromatic N) is 1. The summed E-state index contributed by atoms with van der Waals surface area (Å²) in [6.07, 6.45) is 1.48. The van der Waals surface area contributed by atoms with Gasteiger partial charge in [0.1, 0.15) is 23.1 Å². The first-order valence-electron chi connectivity index (χ1n) is 9.20. The normalized spacial score (nSPS) is 18.1. The highest BCUT2D eigenvalue weighted by Gasteiger charge is 2.46. The number of likely N-dealkylation sites (tertiary alicyclic amines) is 1. The Morgan fingerprint density at radius 2 is 1.90 bits per heavy atom. The third-order valence-corrected chi connectivity index (χ3v) is 4.97. The molecule has 2 aromatic carbocycles. The number of ketones is 1. The predicted molar refractivity (Wildman–Crippen MR) is 106 cm³/mol. The molecule has 0 aliphatic carbocycles. The molecular weight excluding hydrogens is 389 g/mol. The Morgan fingerprint density at radius 3 is 2.57 bits per heavy atom. The maximum absolute atomic E-state index is 13.3. The molecule has 1 aliphatic rings. The van der Waals surface area contributed by atoms with Crippen molar-refractivity contribution in [1.82, 2.24) is 4.90 Å². The fourth-order valence-electron chi connectivity index (χ4n) is 3.53. The molecule has 0 bridgehead atoms. The molecule has 1 amide bonds. The smallest absolute Gasteiger partial charge is 0.296 e. The summed E-state index contributed by atoms with van der Waals surface area (Å²) < 4.78 is 23.9. The van der Waals surface area contributed by atoms with Crippen molar-refractivity contribution in [2.75, 3.05) is 7.11 Å². The third kappa shape index (κ3) is 3.45. The van der Waals surface area contributed by atoms with Crippen molar-refractivity contribution in [1.29, 1.82) is 0 Å². The Labute approximate surface area is 171 Å². The van der Waals surface area contributed by atoms with Gasteiger partial charge >= 0.3 is 0 Å². The number of halogens is 1. The van der Waals surface area contributed by atoms with Crippen molar-refractivity contribution in [2.24, 2.45) is 0 Å². The van der Waals surface area contributed by atoms with Gasteiger partial charge < -0.3 is 19.2 Å². The van der Waals surface area contributed by atoms with Crippen LogP contribution in [0.3, 0.4) is 0 Å². The molecule has 0 spiro atoms. The van der Waals surface area contributed by atoms with E-state index in [2.05, 4.69) is 0 Å². The lowest BCUT2D eigenvalue weighted by Gasteiger charge is -2.24. The molecule has 0 radical (unpaired) electrons. The SMILES string of the molecule is COc1cccc(C2C(=C(O)c3ccc(F)cc3)C(=O)C(=O)N2Cc2ccco2)c1. The highest BCUT2D eigenvalue weighted by Crippen LogP contribution is 2.41. The van der Waals surface area contributed by atoms with Gasteiger partial charge in [-0.2, -0.15) is 0 Å². The molecule has 7 heteroatoms. The Balaban J connectivity index is 1.87. The van der Waals surface area contributed by atoms with Gasteiger partial charge in [-0.15, -0.1) is 0 Å². The second kappa shape index (κ2) is 7.87. The van der Waals surface area contributed by atoms with Crippen molar-refractivity contribution in [3.05, 3.63) is 95.2 Å². The first-order valence-corrected chi connectivity index (χ1v) is 9.20. The van der Waals surface area contributed by atoms with E-state index in [1.807, 2.05) is 0 Å². The molecule has 30 heavy (non-hydrogen) atoms. The molecule has 2 heterocycles. The van der Waals surface area contributed by atoms with Gasteiger partial charge in [0.25, 0.3) is 11.7 Å². The molecule has 1 fully saturated rings. The number of hydrogen-bond acceptors (Lipinski definition) is 5. The lowest BCUT2D eigenvalue weighted by atomic mass is 9.95. The molecule has 1 saturated heterocycles. The van der Waals surface area contributed by atoms with Crippen molar-refractivity contribution in [3.8, 4) is 5.75 Å². The Bertz CT molecular complexity index is 1120. The second-order valence-corrected chi connectivity index (χ2v) is 6.79. The van der Waals surface area contributed by atoms with Gasteiger partial charge in [0, 0.05) is 5.56 Å². The number of Topliss-reactive ketones (excluding diaryl/α,β-unsaturated/α-hetero) is 1. The van der Waals surface area contributed by atoms with Crippen molar-refractivity contribution in [2.45, 2.75) is 12.6 Å². The van der Waals surface area contributed by atoms with E-state index in [4.69, 9.17) is 9.15 Å². The van der Waals surface area contributed by atoms with Crippen LogP contribution in [0.25, 0.3) is 5.76 Å². The van der Waals surface area contributed by atoms with Crippen LogP contribution in [0.5, 0.6) is 5.75 Å². The zero-order valence-corrected chi connectivity index (χ0v) is 16.0. The molecule has 4 rings (SSSR count). The quantitative estimate of drug-likeness (QED) is 0.392. The molecule has 6 nitrogen and oxygen atoms in total. The summed E-state index contributed by atoms with van der Waals surface area (Å²) in [5.74, 6) is -1.40. The number of hydrogen-bond donors (Lipinski definition) is 1. The summed E-state index contributed by atoms with van der Waals surface area (Å²) in [5, 5.41) is 10.9. The molecular formula is C23H18FNO5. The summed E-state index contributed by atoms with van der Waals surface area (Å²) >= 11 is 0. The molecule has 0 saturated carbocycles. The summed E-state index contributed by atoms with van der Waals surface area (Å²) in [6, 6.07) is 14.5. The summed E-state index contributed by atoms with van der Waals surface area (Å²) in [7, 11) is 1.51. The Morgan fingerprint density at radius 1 is 1.13 bits per heavy atom. The minimum Gasteiger partial charge on any atom is -0.507 e. The number of furan rings is 1. The van der Waals surface area contributed by atoms with Crippen LogP contribution in [0.4, 0.5) is 4.39 Å². The number of rotatable bonds is 5. The van der Waals surface area contributed by atoms with Gasteiger partial charge in [-0.3, -0.25) is 9.59 Å². The van der Waals surface area contributed by atoms with Crippen molar-refractivity contribution >= 4 is 17.4 Å². The van der Waals surface area contributed by atoms with E-state index in [1.165, 1.54) is 42.5 Å². The average molecular weight is 407 g/mol. The van der Waals surface area contributed by atoms with Crippen LogP contribution < -0.4 is 4.74 Å². The predicted octanol–water partition coefficient (Wildman–Crippen LogP) is 4.05. The van der Waals surface area contributed by atoms with Gasteiger partial charge in [-0.1, -0.05) is 12.1 Å². The van der Waals surface area contributed by atoms with E-state index in [1.54, 1.807) is 36.4 Å². The van der Waals surface area contributed by atoms with Crippen LogP contribution in [0.1, 0.15) is 22.9 Å². The zero-order valence-electron chi connectivity index (χ0n) is 16.0. The average Bonchev–Trinajstić information content (AvgIpc) is 3.36. The van der Waals surface area contributed by atoms with Gasteiger partial charge in [-0.05, 0) is 54.1 Å². The topological polar surface area (TPSA) is 80.0 Å². The van der Waals surface area contributed by atoms with Crippen LogP contribution in [-0.2, 0) is 16.1 Å². The second-order valence-electron chi connectivity index (χ2n) is 6.79. The number of benzene rings is 2. The lowest BCUT2D eigenvalue weighted by molar-refractivity contribution is -0.140. The number of aliphatic hydroxyl groups excluding tert-OH is 1. The largest absolute Gasteiger partial charge is 0.507 e. The Kier molecular flexibility index (Phi) is 5.10. The van der Waals surface area contributed by atoms with Gasteiger partial charge in [0.2, 0.25) is 0 Å². The monoisotopic (exact) mass is 407 g/mol. The van der Waals surface area contributed by atoms with E-state index in [0.717, 1.165) is 0 Å². The molecule has 1 aliphatic heterocycles. The van der Waals surface area contributed by atoms with Crippen LogP contribution in [0, 0.1) is 5.82 Å². The molecule has 3 aromatic rings. The van der Waals surface area contributed by atoms with E-state index >= 15 is 0 Å². The van der Waals surface area contributed by atoms with E-state index in [-0.39, 0.29) is 23.4 Å². The van der Waals surface area contributed by atoms with Gasteiger partial charge in [0.15, 0.2) is 0 Å². The van der Waals surface area contributed by atoms with Crippen molar-refractivity contribution in [3.63, 3.8) is 0 Å². The van der Waals surface area contributed by atoms with Gasteiger partial charge in [-0.25, -0.2) is 4.39 Å². The number of methoxy groups -OCH3 is 1. The van der Waals surface area contributed by atoms with Crippen LogP contribution in [0.15, 0.2) is 76.9 Å². The fraction of sp³-hybridized carbons (Fsp3) is 0.130. The summed E-state index contributed by atoms with van der Waals surface area (Å²) in [5.41, 5.74) is 0.746. The zero-order chi connectivity index (χ0) is 21.3. The minimum atomic E-state index is -0.866. The number of aliphatic hydroxyl groups is 1. The highest BCUT2D eigenvalue weighted by atomic mass is 19.1. The van der Waals surface area contributed by atoms with Crippen LogP contribution in [-0.4, -0.2) is 28.8 Å². The first kappa shape index (κ1) is 19.4. The highest BCUT2D eigenvalue weighted by molar-refractivity contribution is 6.46. The van der Waals surface area contributed by atoms with E-state index < -0.39 is 23.5 Å².